The molecule has 122 valence electrons. The van der Waals surface area contributed by atoms with Crippen molar-refractivity contribution in [2.45, 2.75) is 38.6 Å². The lowest BCUT2D eigenvalue weighted by atomic mass is 10.0. The Bertz CT molecular complexity index is 708. The van der Waals surface area contributed by atoms with Gasteiger partial charge in [0, 0.05) is 17.5 Å². The van der Waals surface area contributed by atoms with Crippen molar-refractivity contribution in [1.82, 2.24) is 9.88 Å². The number of amides is 1. The second kappa shape index (κ2) is 6.54. The molecule has 0 spiro atoms. The third kappa shape index (κ3) is 3.29. The summed E-state index contributed by atoms with van der Waals surface area (Å²) in [6.45, 7) is 2.26. The van der Waals surface area contributed by atoms with Gasteiger partial charge in [0.05, 0.1) is 12.1 Å². The van der Waals surface area contributed by atoms with E-state index in [1.807, 2.05) is 16.8 Å². The Kier molecular flexibility index (Phi) is 4.47. The molecule has 0 radical (unpaired) electrons. The first-order valence-corrected chi connectivity index (χ1v) is 8.51. The monoisotopic (exact) mass is 334 g/mol. The maximum atomic E-state index is 12.5. The fraction of sp³-hybridized carbons (Fsp3) is 0.438. The lowest BCUT2D eigenvalue weighted by Gasteiger charge is -2.32. The molecule has 6 nitrogen and oxygen atoms in total. The fourth-order valence-corrected chi connectivity index (χ4v) is 3.46. The van der Waals surface area contributed by atoms with E-state index in [4.69, 9.17) is 4.42 Å². The summed E-state index contributed by atoms with van der Waals surface area (Å²) in [6.07, 6.45) is 2.27. The molecule has 7 heteroatoms. The van der Waals surface area contributed by atoms with Gasteiger partial charge in [0.25, 0.3) is 0 Å². The summed E-state index contributed by atoms with van der Waals surface area (Å²) in [5.41, 5.74) is 1.46. The highest BCUT2D eigenvalue weighted by molar-refractivity contribution is 7.08. The van der Waals surface area contributed by atoms with Crippen molar-refractivity contribution in [3.63, 3.8) is 0 Å². The maximum absolute atomic E-state index is 12.5. The lowest BCUT2D eigenvalue weighted by molar-refractivity contribution is -0.151. The number of carbonyl (C=O) groups excluding carboxylic acids is 1. The number of oxazole rings is 1. The molecule has 0 unspecified atom stereocenters. The van der Waals surface area contributed by atoms with Crippen LogP contribution in [0.2, 0.25) is 0 Å². The molecule has 1 aliphatic heterocycles. The number of nitrogens with zero attached hydrogens (tertiary/aromatic N) is 2. The SMILES string of the molecule is Cc1oc(-c2ccsc2)nc1CC(=O)N1CCCC[C@@H]1C(=O)O. The number of thiophene rings is 1. The van der Waals surface area contributed by atoms with Crippen molar-refractivity contribution in [3.8, 4) is 11.5 Å². The lowest BCUT2D eigenvalue weighted by Crippen LogP contribution is -2.48. The van der Waals surface area contributed by atoms with Crippen LogP contribution in [0.25, 0.3) is 11.5 Å². The third-order valence-corrected chi connectivity index (χ3v) is 4.77. The molecule has 2 aromatic rings. The van der Waals surface area contributed by atoms with Gasteiger partial charge in [-0.1, -0.05) is 0 Å². The molecule has 1 atom stereocenters. The second-order valence-corrected chi connectivity index (χ2v) is 6.43. The summed E-state index contributed by atoms with van der Waals surface area (Å²) in [6, 6.07) is 1.19. The molecule has 23 heavy (non-hydrogen) atoms. The number of likely N-dealkylation sites (tertiary alicyclic amines) is 1. The van der Waals surface area contributed by atoms with Crippen LogP contribution < -0.4 is 0 Å². The summed E-state index contributed by atoms with van der Waals surface area (Å²) in [7, 11) is 0. The number of piperidine rings is 1. The molecule has 1 saturated heterocycles. The minimum atomic E-state index is -0.936. The number of carboxylic acids is 1. The number of carboxylic acid groups (broad SMARTS) is 1. The van der Waals surface area contributed by atoms with Crippen molar-refractivity contribution < 1.29 is 19.1 Å². The Labute approximate surface area is 137 Å². The predicted octanol–water partition coefficient (Wildman–Crippen LogP) is 2.72. The minimum Gasteiger partial charge on any atom is -0.480 e. The molecular weight excluding hydrogens is 316 g/mol. The first kappa shape index (κ1) is 15.7. The summed E-state index contributed by atoms with van der Waals surface area (Å²) in [5.74, 6) is -0.0392. The van der Waals surface area contributed by atoms with E-state index in [2.05, 4.69) is 4.98 Å². The first-order valence-electron chi connectivity index (χ1n) is 7.57. The highest BCUT2D eigenvalue weighted by Crippen LogP contribution is 2.25. The zero-order valence-electron chi connectivity index (χ0n) is 12.8. The van der Waals surface area contributed by atoms with Gasteiger partial charge in [0.15, 0.2) is 0 Å². The fourth-order valence-electron chi connectivity index (χ4n) is 2.83. The van der Waals surface area contributed by atoms with Gasteiger partial charge in [-0.3, -0.25) is 4.79 Å². The van der Waals surface area contributed by atoms with Gasteiger partial charge in [0.2, 0.25) is 11.8 Å². The Morgan fingerprint density at radius 2 is 2.30 bits per heavy atom. The number of hydrogen-bond acceptors (Lipinski definition) is 5. The standard InChI is InChI=1S/C16H18N2O4S/c1-10-12(17-15(22-10)11-5-7-23-9-11)8-14(19)18-6-3-2-4-13(18)16(20)21/h5,7,9,13H,2-4,6,8H2,1H3,(H,20,21)/t13-/m1/s1. The van der Waals surface area contributed by atoms with E-state index in [0.29, 0.717) is 30.3 Å². The molecule has 1 N–H and O–H groups in total. The topological polar surface area (TPSA) is 83.6 Å². The highest BCUT2D eigenvalue weighted by Gasteiger charge is 2.32. The zero-order chi connectivity index (χ0) is 16.4. The highest BCUT2D eigenvalue weighted by atomic mass is 32.1. The molecule has 3 rings (SSSR count). The van der Waals surface area contributed by atoms with E-state index in [1.165, 1.54) is 4.90 Å². The van der Waals surface area contributed by atoms with Crippen LogP contribution in [0.1, 0.15) is 30.7 Å². The van der Waals surface area contributed by atoms with Crippen LogP contribution in [0.5, 0.6) is 0 Å². The molecule has 0 aliphatic carbocycles. The number of aromatic nitrogens is 1. The molecular formula is C16H18N2O4S. The van der Waals surface area contributed by atoms with Crippen LogP contribution in [0.15, 0.2) is 21.2 Å². The normalized spacial score (nSPS) is 18.1. The zero-order valence-corrected chi connectivity index (χ0v) is 13.6. The third-order valence-electron chi connectivity index (χ3n) is 4.09. The molecule has 3 heterocycles. The van der Waals surface area contributed by atoms with E-state index >= 15 is 0 Å². The molecule has 0 saturated carbocycles. The number of rotatable bonds is 4. The molecule has 1 amide bonds. The van der Waals surface area contributed by atoms with Gasteiger partial charge >= 0.3 is 5.97 Å². The average Bonchev–Trinajstić information content (AvgIpc) is 3.17. The van der Waals surface area contributed by atoms with Gasteiger partial charge in [-0.15, -0.1) is 0 Å². The molecule has 1 fully saturated rings. The number of carbonyl (C=O) groups is 2. The van der Waals surface area contributed by atoms with Crippen molar-refractivity contribution in [2.75, 3.05) is 6.54 Å². The predicted molar refractivity (Wildman–Crippen MR) is 85.2 cm³/mol. The van der Waals surface area contributed by atoms with Gasteiger partial charge < -0.3 is 14.4 Å². The van der Waals surface area contributed by atoms with Crippen molar-refractivity contribution in [2.24, 2.45) is 0 Å². The summed E-state index contributed by atoms with van der Waals surface area (Å²) >= 11 is 1.55. The van der Waals surface area contributed by atoms with E-state index in [1.54, 1.807) is 18.3 Å². The van der Waals surface area contributed by atoms with Crippen LogP contribution in [0, 0.1) is 6.92 Å². The van der Waals surface area contributed by atoms with Crippen LogP contribution >= 0.6 is 11.3 Å². The molecule has 0 aromatic carbocycles. The van der Waals surface area contributed by atoms with Crippen LogP contribution in [-0.2, 0) is 16.0 Å². The van der Waals surface area contributed by atoms with E-state index in [9.17, 15) is 14.7 Å². The van der Waals surface area contributed by atoms with Gasteiger partial charge in [-0.05, 0) is 37.6 Å². The van der Waals surface area contributed by atoms with Crippen molar-refractivity contribution >= 4 is 23.2 Å². The van der Waals surface area contributed by atoms with Crippen LogP contribution in [-0.4, -0.2) is 39.5 Å². The largest absolute Gasteiger partial charge is 0.480 e. The summed E-state index contributed by atoms with van der Waals surface area (Å²) in [4.78, 5) is 29.7. The average molecular weight is 334 g/mol. The van der Waals surface area contributed by atoms with Crippen LogP contribution in [0.3, 0.4) is 0 Å². The summed E-state index contributed by atoms with van der Waals surface area (Å²) in [5, 5.41) is 13.1. The molecule has 2 aromatic heterocycles. The Morgan fingerprint density at radius 1 is 1.48 bits per heavy atom. The first-order chi connectivity index (χ1) is 11.1. The van der Waals surface area contributed by atoms with E-state index in [0.717, 1.165) is 18.4 Å². The number of aliphatic carboxylic acids is 1. The minimum absolute atomic E-state index is 0.0727. The smallest absolute Gasteiger partial charge is 0.326 e. The Balaban J connectivity index is 1.76. The molecule has 0 bridgehead atoms. The number of aryl methyl sites for hydroxylation is 1. The van der Waals surface area contributed by atoms with Crippen molar-refractivity contribution in [1.29, 1.82) is 0 Å². The molecule has 1 aliphatic rings. The van der Waals surface area contributed by atoms with Gasteiger partial charge in [-0.2, -0.15) is 11.3 Å². The summed E-state index contributed by atoms with van der Waals surface area (Å²) < 4.78 is 5.63. The Hall–Kier alpha value is -2.15. The van der Waals surface area contributed by atoms with Crippen LogP contribution in [0.4, 0.5) is 0 Å². The van der Waals surface area contributed by atoms with Gasteiger partial charge in [0.1, 0.15) is 11.8 Å². The van der Waals surface area contributed by atoms with E-state index in [-0.39, 0.29) is 12.3 Å². The second-order valence-electron chi connectivity index (χ2n) is 5.65. The quantitative estimate of drug-likeness (QED) is 0.929. The van der Waals surface area contributed by atoms with Crippen molar-refractivity contribution in [3.05, 3.63) is 28.3 Å². The maximum Gasteiger partial charge on any atom is 0.326 e. The number of hydrogen-bond donors (Lipinski definition) is 1. The Morgan fingerprint density at radius 3 is 3.00 bits per heavy atom. The van der Waals surface area contributed by atoms with Gasteiger partial charge in [-0.25, -0.2) is 9.78 Å². The van der Waals surface area contributed by atoms with E-state index < -0.39 is 12.0 Å².